The number of ether oxygens (including phenoxy) is 2. The van der Waals surface area contributed by atoms with Gasteiger partial charge in [-0.2, -0.15) is 0 Å². The van der Waals surface area contributed by atoms with Gasteiger partial charge in [-0.25, -0.2) is 4.79 Å². The maximum absolute atomic E-state index is 12.8. The van der Waals surface area contributed by atoms with Gasteiger partial charge in [0, 0.05) is 10.8 Å². The number of nitrogens with one attached hydrogen (secondary N) is 1. The minimum atomic E-state index is -0.360. The van der Waals surface area contributed by atoms with Crippen LogP contribution in [0.25, 0.3) is 0 Å². The Morgan fingerprint density at radius 1 is 1.29 bits per heavy atom. The molecular formula is C18H25NO4S. The summed E-state index contributed by atoms with van der Waals surface area (Å²) in [5.41, 5.74) is 1.40. The summed E-state index contributed by atoms with van der Waals surface area (Å²) >= 11 is 1.43. The second kappa shape index (κ2) is 5.85. The van der Waals surface area contributed by atoms with Gasteiger partial charge in [0.2, 0.25) is 5.91 Å². The molecule has 0 radical (unpaired) electrons. The zero-order valence-electron chi connectivity index (χ0n) is 14.9. The predicted molar refractivity (Wildman–Crippen MR) is 93.3 cm³/mol. The van der Waals surface area contributed by atoms with E-state index in [2.05, 4.69) is 33.0 Å². The molecule has 1 aliphatic heterocycles. The third kappa shape index (κ3) is 2.56. The van der Waals surface area contributed by atoms with Crippen LogP contribution in [0.1, 0.15) is 55.4 Å². The normalized spacial score (nSPS) is 21.0. The molecule has 0 aromatic carbocycles. The molecule has 2 heterocycles. The lowest BCUT2D eigenvalue weighted by Crippen LogP contribution is -2.19. The standard InChI is InChI=1S/C18H25NO4S/c1-6-23-16(21)12-10-7-8-22-9-11(10)24-15(12)19-14(20)13-17(2,3)18(13,4)5/h13H,6-9H2,1-5H3,(H,19,20). The van der Waals surface area contributed by atoms with Crippen molar-refractivity contribution in [2.24, 2.45) is 16.7 Å². The highest BCUT2D eigenvalue weighted by molar-refractivity contribution is 7.17. The Balaban J connectivity index is 1.89. The summed E-state index contributed by atoms with van der Waals surface area (Å²) in [6, 6.07) is 0. The number of fused-ring (bicyclic) bond motifs is 1. The van der Waals surface area contributed by atoms with Gasteiger partial charge in [-0.05, 0) is 29.7 Å². The summed E-state index contributed by atoms with van der Waals surface area (Å²) in [6.45, 7) is 11.6. The third-order valence-corrected chi connectivity index (χ3v) is 6.94. The van der Waals surface area contributed by atoms with Crippen LogP contribution < -0.4 is 5.32 Å². The highest BCUT2D eigenvalue weighted by Gasteiger charge is 2.68. The Bertz CT molecular complexity index is 675. The van der Waals surface area contributed by atoms with Gasteiger partial charge in [0.05, 0.1) is 25.4 Å². The molecule has 0 unspecified atom stereocenters. The average molecular weight is 351 g/mol. The summed E-state index contributed by atoms with van der Waals surface area (Å²) in [6.07, 6.45) is 0.677. The second-order valence-corrected chi connectivity index (χ2v) is 8.70. The minimum absolute atomic E-state index is 0.0185. The highest BCUT2D eigenvalue weighted by atomic mass is 32.1. The van der Waals surface area contributed by atoms with Crippen molar-refractivity contribution in [1.82, 2.24) is 0 Å². The molecule has 5 nitrogen and oxygen atoms in total. The van der Waals surface area contributed by atoms with Crippen molar-refractivity contribution in [2.75, 3.05) is 18.5 Å². The van der Waals surface area contributed by atoms with E-state index in [-0.39, 0.29) is 28.6 Å². The van der Waals surface area contributed by atoms with E-state index in [1.807, 2.05) is 0 Å². The number of thiophene rings is 1. The van der Waals surface area contributed by atoms with Crippen LogP contribution in [0.4, 0.5) is 5.00 Å². The minimum Gasteiger partial charge on any atom is -0.462 e. The summed E-state index contributed by atoms with van der Waals surface area (Å²) in [4.78, 5) is 26.2. The first-order valence-electron chi connectivity index (χ1n) is 8.42. The monoisotopic (exact) mass is 351 g/mol. The number of esters is 1. The van der Waals surface area contributed by atoms with E-state index >= 15 is 0 Å². The van der Waals surface area contributed by atoms with Crippen molar-refractivity contribution < 1.29 is 19.1 Å². The number of carbonyl (C=O) groups excluding carboxylic acids is 2. The topological polar surface area (TPSA) is 64.6 Å². The van der Waals surface area contributed by atoms with E-state index in [9.17, 15) is 9.59 Å². The van der Waals surface area contributed by atoms with Crippen LogP contribution in [0.3, 0.4) is 0 Å². The maximum Gasteiger partial charge on any atom is 0.341 e. The van der Waals surface area contributed by atoms with E-state index < -0.39 is 0 Å². The van der Waals surface area contributed by atoms with Gasteiger partial charge in [-0.1, -0.05) is 27.7 Å². The molecule has 1 fully saturated rings. The van der Waals surface area contributed by atoms with Crippen molar-refractivity contribution >= 4 is 28.2 Å². The van der Waals surface area contributed by atoms with E-state index in [1.54, 1.807) is 6.92 Å². The van der Waals surface area contributed by atoms with Gasteiger partial charge in [-0.15, -0.1) is 11.3 Å². The molecule has 6 heteroatoms. The lowest BCUT2D eigenvalue weighted by molar-refractivity contribution is -0.118. The Hall–Kier alpha value is -1.40. The van der Waals surface area contributed by atoms with Crippen LogP contribution in [-0.4, -0.2) is 25.1 Å². The number of hydrogen-bond acceptors (Lipinski definition) is 5. The van der Waals surface area contributed by atoms with Gasteiger partial charge in [0.25, 0.3) is 0 Å². The summed E-state index contributed by atoms with van der Waals surface area (Å²) in [5.74, 6) is -0.438. The van der Waals surface area contributed by atoms with Crippen molar-refractivity contribution in [3.8, 4) is 0 Å². The molecular weight excluding hydrogens is 326 g/mol. The van der Waals surface area contributed by atoms with Crippen LogP contribution in [0, 0.1) is 16.7 Å². The summed E-state index contributed by atoms with van der Waals surface area (Å²) < 4.78 is 10.7. The van der Waals surface area contributed by atoms with E-state index in [0.29, 0.717) is 36.8 Å². The lowest BCUT2D eigenvalue weighted by Gasteiger charge is -2.13. The highest BCUT2D eigenvalue weighted by Crippen LogP contribution is 2.68. The fourth-order valence-corrected chi connectivity index (χ4v) is 4.95. The fourth-order valence-electron chi connectivity index (χ4n) is 3.78. The zero-order chi connectivity index (χ0) is 17.7. The maximum atomic E-state index is 12.8. The molecule has 2 aliphatic rings. The van der Waals surface area contributed by atoms with Gasteiger partial charge in [0.1, 0.15) is 5.00 Å². The first kappa shape index (κ1) is 17.4. The summed E-state index contributed by atoms with van der Waals surface area (Å²) in [5, 5.41) is 3.61. The largest absolute Gasteiger partial charge is 0.462 e. The average Bonchev–Trinajstić information content (AvgIpc) is 2.78. The number of carbonyl (C=O) groups is 2. The van der Waals surface area contributed by atoms with Gasteiger partial charge in [-0.3, -0.25) is 4.79 Å². The van der Waals surface area contributed by atoms with Crippen LogP contribution in [0.5, 0.6) is 0 Å². The third-order valence-electron chi connectivity index (χ3n) is 5.82. The van der Waals surface area contributed by atoms with E-state index in [4.69, 9.17) is 9.47 Å². The lowest BCUT2D eigenvalue weighted by atomic mass is 10.0. The molecule has 0 bridgehead atoms. The molecule has 132 valence electrons. The Kier molecular flexibility index (Phi) is 4.24. The van der Waals surface area contributed by atoms with Gasteiger partial charge in [0.15, 0.2) is 0 Å². The molecule has 0 spiro atoms. The Labute approximate surface area is 146 Å². The molecule has 24 heavy (non-hydrogen) atoms. The zero-order valence-corrected chi connectivity index (χ0v) is 15.8. The molecule has 0 saturated heterocycles. The van der Waals surface area contributed by atoms with E-state index in [1.165, 1.54) is 11.3 Å². The summed E-state index contributed by atoms with van der Waals surface area (Å²) in [7, 11) is 0. The Morgan fingerprint density at radius 2 is 1.96 bits per heavy atom. The number of anilines is 1. The van der Waals surface area contributed by atoms with E-state index in [0.717, 1.165) is 10.4 Å². The molecule has 3 rings (SSSR count). The van der Waals surface area contributed by atoms with Crippen molar-refractivity contribution in [3.05, 3.63) is 16.0 Å². The quantitative estimate of drug-likeness (QED) is 0.842. The molecule has 1 saturated carbocycles. The molecule has 1 amide bonds. The SMILES string of the molecule is CCOC(=O)c1c(NC(=O)C2C(C)(C)C2(C)C)sc2c1CCOC2. The number of amides is 1. The first-order chi connectivity index (χ1) is 11.2. The van der Waals surface area contributed by atoms with Gasteiger partial charge < -0.3 is 14.8 Å². The first-order valence-corrected chi connectivity index (χ1v) is 9.23. The van der Waals surface area contributed by atoms with Gasteiger partial charge >= 0.3 is 5.97 Å². The number of hydrogen-bond donors (Lipinski definition) is 1. The van der Waals surface area contributed by atoms with Crippen LogP contribution >= 0.6 is 11.3 Å². The molecule has 1 aromatic heterocycles. The van der Waals surface area contributed by atoms with Crippen molar-refractivity contribution in [1.29, 1.82) is 0 Å². The molecule has 0 atom stereocenters. The smallest absolute Gasteiger partial charge is 0.341 e. The van der Waals surface area contributed by atoms with Crippen LogP contribution in [0.15, 0.2) is 0 Å². The molecule has 1 aliphatic carbocycles. The van der Waals surface area contributed by atoms with Crippen LogP contribution in [0.2, 0.25) is 0 Å². The predicted octanol–water partition coefficient (Wildman–Crippen LogP) is 3.62. The molecule has 1 N–H and O–H groups in total. The van der Waals surface area contributed by atoms with Crippen molar-refractivity contribution in [2.45, 2.75) is 47.6 Å². The second-order valence-electron chi connectivity index (χ2n) is 7.60. The fraction of sp³-hybridized carbons (Fsp3) is 0.667. The van der Waals surface area contributed by atoms with Crippen LogP contribution in [-0.2, 0) is 27.3 Å². The molecule has 1 aromatic rings. The number of rotatable bonds is 4. The van der Waals surface area contributed by atoms with Crippen molar-refractivity contribution in [3.63, 3.8) is 0 Å². The Morgan fingerprint density at radius 3 is 2.54 bits per heavy atom.